The quantitative estimate of drug-likeness (QED) is 0.653. The highest BCUT2D eigenvalue weighted by Gasteiger charge is 2.14. The van der Waals surface area contributed by atoms with Crippen molar-refractivity contribution >= 4 is 5.91 Å². The van der Waals surface area contributed by atoms with Crippen LogP contribution >= 0.6 is 0 Å². The average Bonchev–Trinajstić information content (AvgIpc) is 2.96. The number of ether oxygens (including phenoxy) is 1. The fraction of sp³-hybridized carbons (Fsp3) is 0.474. The number of hydrogen-bond acceptors (Lipinski definition) is 3. The minimum atomic E-state index is -0.474. The Morgan fingerprint density at radius 3 is 2.73 bits per heavy atom. The normalized spacial score (nSPS) is 10.8. The van der Waals surface area contributed by atoms with Crippen molar-refractivity contribution in [3.63, 3.8) is 0 Å². The van der Waals surface area contributed by atoms with Gasteiger partial charge in [-0.1, -0.05) is 18.6 Å². The minimum absolute atomic E-state index is 0.0581. The van der Waals surface area contributed by atoms with E-state index in [1.807, 2.05) is 0 Å². The lowest BCUT2D eigenvalue weighted by atomic mass is 10.2. The number of halogens is 2. The summed E-state index contributed by atoms with van der Waals surface area (Å²) in [6.07, 6.45) is 2.97. The molecule has 0 saturated carbocycles. The summed E-state index contributed by atoms with van der Waals surface area (Å²) in [5.74, 6) is -0.622. The van der Waals surface area contributed by atoms with Gasteiger partial charge in [0.05, 0.1) is 19.0 Å². The van der Waals surface area contributed by atoms with Crippen LogP contribution in [-0.4, -0.2) is 29.0 Å². The summed E-state index contributed by atoms with van der Waals surface area (Å²) in [5.41, 5.74) is 1.52. The number of carbonyl (C=O) groups is 1. The van der Waals surface area contributed by atoms with Gasteiger partial charge in [-0.25, -0.2) is 4.39 Å². The summed E-state index contributed by atoms with van der Waals surface area (Å²) in [6, 6.07) is 6.54. The molecule has 2 aromatic rings. The number of aryl methyl sites for hydroxylation is 2. The summed E-state index contributed by atoms with van der Waals surface area (Å²) in [4.78, 5) is 12.2. The first-order chi connectivity index (χ1) is 12.5. The van der Waals surface area contributed by atoms with Crippen LogP contribution in [0.25, 0.3) is 0 Å². The van der Waals surface area contributed by atoms with Crippen LogP contribution in [0.1, 0.15) is 47.4 Å². The molecule has 5 nitrogen and oxygen atoms in total. The van der Waals surface area contributed by atoms with Crippen LogP contribution < -0.4 is 10.1 Å². The molecule has 0 saturated heterocycles. The van der Waals surface area contributed by atoms with Gasteiger partial charge < -0.3 is 10.1 Å². The second-order valence-corrected chi connectivity index (χ2v) is 6.16. The number of nitrogens with zero attached hydrogens (tertiary/aromatic N) is 2. The largest absolute Gasteiger partial charge is 0.491 e. The molecule has 2 rings (SSSR count). The summed E-state index contributed by atoms with van der Waals surface area (Å²) in [7, 11) is 1.69. The average molecular weight is 365 g/mol. The molecule has 26 heavy (non-hydrogen) atoms. The predicted molar refractivity (Wildman–Crippen MR) is 95.5 cm³/mol. The van der Waals surface area contributed by atoms with Gasteiger partial charge in [0.1, 0.15) is 5.69 Å². The minimum Gasteiger partial charge on any atom is -0.491 e. The lowest BCUT2D eigenvalue weighted by Gasteiger charge is -2.11. The number of carbonyl (C=O) groups excluding carboxylic acids is 1. The maximum atomic E-state index is 14.5. The second-order valence-electron chi connectivity index (χ2n) is 6.16. The molecule has 0 aliphatic rings. The summed E-state index contributed by atoms with van der Waals surface area (Å²) < 4.78 is 33.5. The van der Waals surface area contributed by atoms with Crippen molar-refractivity contribution < 1.29 is 18.3 Å². The standard InChI is InChI=1S/C19H25F2N3O2/c1-14-12-16(24(2)23-14)19(25)22-13-15-8-7-9-17(18(15)21)26-11-6-4-3-5-10-20/h7-9,12H,3-6,10-11,13H2,1-2H3,(H,22,25). The fourth-order valence-electron chi connectivity index (χ4n) is 2.63. The number of rotatable bonds is 10. The lowest BCUT2D eigenvalue weighted by Crippen LogP contribution is -2.25. The highest BCUT2D eigenvalue weighted by Crippen LogP contribution is 2.21. The Morgan fingerprint density at radius 1 is 1.27 bits per heavy atom. The number of benzene rings is 1. The molecule has 0 aliphatic heterocycles. The molecule has 0 spiro atoms. The van der Waals surface area contributed by atoms with Gasteiger partial charge in [-0.05, 0) is 38.3 Å². The van der Waals surface area contributed by atoms with Crippen molar-refractivity contribution in [1.29, 1.82) is 0 Å². The molecule has 0 fully saturated rings. The zero-order valence-electron chi connectivity index (χ0n) is 15.2. The Labute approximate surface area is 152 Å². The van der Waals surface area contributed by atoms with Gasteiger partial charge in [-0.2, -0.15) is 5.10 Å². The molecule has 0 aliphatic carbocycles. The van der Waals surface area contributed by atoms with E-state index in [4.69, 9.17) is 4.74 Å². The van der Waals surface area contributed by atoms with Gasteiger partial charge in [0, 0.05) is 19.2 Å². The molecule has 1 N–H and O–H groups in total. The van der Waals surface area contributed by atoms with E-state index >= 15 is 0 Å². The van der Waals surface area contributed by atoms with Crippen molar-refractivity contribution in [2.24, 2.45) is 7.05 Å². The van der Waals surface area contributed by atoms with Crippen LogP contribution in [0.5, 0.6) is 5.75 Å². The first kappa shape index (κ1) is 19.9. The molecule has 1 aromatic heterocycles. The molecule has 0 atom stereocenters. The van der Waals surface area contributed by atoms with Crippen molar-refractivity contribution in [3.8, 4) is 5.75 Å². The van der Waals surface area contributed by atoms with Crippen LogP contribution in [0.15, 0.2) is 24.3 Å². The molecule has 1 heterocycles. The monoisotopic (exact) mass is 365 g/mol. The van der Waals surface area contributed by atoms with Gasteiger partial charge in [-0.15, -0.1) is 0 Å². The van der Waals surface area contributed by atoms with Crippen molar-refractivity contribution in [3.05, 3.63) is 47.0 Å². The fourth-order valence-corrected chi connectivity index (χ4v) is 2.63. The third-order valence-corrected chi connectivity index (χ3v) is 4.00. The van der Waals surface area contributed by atoms with Crippen LogP contribution in [-0.2, 0) is 13.6 Å². The van der Waals surface area contributed by atoms with Crippen LogP contribution in [0.2, 0.25) is 0 Å². The van der Waals surface area contributed by atoms with Crippen molar-refractivity contribution in [1.82, 2.24) is 15.1 Å². The SMILES string of the molecule is Cc1cc(C(=O)NCc2cccc(OCCCCCCF)c2F)n(C)n1. The van der Waals surface area contributed by atoms with Gasteiger partial charge in [-0.3, -0.25) is 13.9 Å². The maximum absolute atomic E-state index is 14.5. The molecule has 1 amide bonds. The number of aromatic nitrogens is 2. The van der Waals surface area contributed by atoms with Crippen LogP contribution in [0.4, 0.5) is 8.78 Å². The topological polar surface area (TPSA) is 56.1 Å². The molecule has 0 unspecified atom stereocenters. The van der Waals surface area contributed by atoms with E-state index in [-0.39, 0.29) is 24.9 Å². The molecule has 142 valence electrons. The molecule has 7 heteroatoms. The lowest BCUT2D eigenvalue weighted by molar-refractivity contribution is 0.0941. The van der Waals surface area contributed by atoms with E-state index in [1.54, 1.807) is 38.2 Å². The molecular formula is C19H25F2N3O2. The number of amides is 1. The number of alkyl halides is 1. The Kier molecular flexibility index (Phi) is 7.56. The van der Waals surface area contributed by atoms with Gasteiger partial charge in [0.2, 0.25) is 0 Å². The van der Waals surface area contributed by atoms with Crippen molar-refractivity contribution in [2.75, 3.05) is 13.3 Å². The van der Waals surface area contributed by atoms with E-state index in [2.05, 4.69) is 10.4 Å². The molecule has 1 aromatic carbocycles. The van der Waals surface area contributed by atoms with Crippen molar-refractivity contribution in [2.45, 2.75) is 39.2 Å². The van der Waals surface area contributed by atoms with Crippen LogP contribution in [0.3, 0.4) is 0 Å². The van der Waals surface area contributed by atoms with Gasteiger partial charge in [0.15, 0.2) is 11.6 Å². The number of hydrogen-bond donors (Lipinski definition) is 1. The zero-order chi connectivity index (χ0) is 18.9. The summed E-state index contributed by atoms with van der Waals surface area (Å²) >= 11 is 0. The van der Waals surface area contributed by atoms with Gasteiger partial charge in [0.25, 0.3) is 5.91 Å². The maximum Gasteiger partial charge on any atom is 0.269 e. The van der Waals surface area contributed by atoms with E-state index in [1.165, 1.54) is 4.68 Å². The Bertz CT molecular complexity index is 732. The Morgan fingerprint density at radius 2 is 2.04 bits per heavy atom. The smallest absolute Gasteiger partial charge is 0.269 e. The number of unbranched alkanes of at least 4 members (excludes halogenated alkanes) is 3. The van der Waals surface area contributed by atoms with Crippen LogP contribution in [0, 0.1) is 12.7 Å². The van der Waals surface area contributed by atoms with Gasteiger partial charge >= 0.3 is 0 Å². The van der Waals surface area contributed by atoms with E-state index < -0.39 is 5.82 Å². The molecule has 0 radical (unpaired) electrons. The molecular weight excluding hydrogens is 340 g/mol. The zero-order valence-corrected chi connectivity index (χ0v) is 15.2. The summed E-state index contributed by atoms with van der Waals surface area (Å²) in [5, 5.41) is 6.82. The first-order valence-corrected chi connectivity index (χ1v) is 8.78. The predicted octanol–water partition coefficient (Wildman–Crippen LogP) is 3.71. The molecule has 0 bridgehead atoms. The highest BCUT2D eigenvalue weighted by atomic mass is 19.1. The number of nitrogens with one attached hydrogen (secondary N) is 1. The summed E-state index contributed by atoms with van der Waals surface area (Å²) in [6.45, 7) is 1.94. The van der Waals surface area contributed by atoms with E-state index in [0.29, 0.717) is 24.3 Å². The second kappa shape index (κ2) is 9.89. The van der Waals surface area contributed by atoms with E-state index in [0.717, 1.165) is 25.0 Å². The Hall–Kier alpha value is -2.44. The third-order valence-electron chi connectivity index (χ3n) is 4.00. The Balaban J connectivity index is 1.88. The first-order valence-electron chi connectivity index (χ1n) is 8.78. The van der Waals surface area contributed by atoms with E-state index in [9.17, 15) is 13.6 Å². The third kappa shape index (κ3) is 5.54. The highest BCUT2D eigenvalue weighted by molar-refractivity contribution is 5.92.